The molecule has 1 aliphatic heterocycles. The summed E-state index contributed by atoms with van der Waals surface area (Å²) in [6, 6.07) is 23.6. The van der Waals surface area contributed by atoms with Crippen molar-refractivity contribution < 1.29 is 24.3 Å². The number of benzene rings is 3. The maximum Gasteiger partial charge on any atom is 0.323 e. The van der Waals surface area contributed by atoms with E-state index in [0.29, 0.717) is 22.5 Å². The zero-order valence-corrected chi connectivity index (χ0v) is 26.9. The van der Waals surface area contributed by atoms with Crippen LogP contribution in [0.15, 0.2) is 85.1 Å². The van der Waals surface area contributed by atoms with Crippen LogP contribution in [0, 0.1) is 0 Å². The van der Waals surface area contributed by atoms with Crippen LogP contribution in [0.5, 0.6) is 0 Å². The fourth-order valence-electron chi connectivity index (χ4n) is 6.55. The van der Waals surface area contributed by atoms with E-state index < -0.39 is 24.3 Å². The maximum atomic E-state index is 13.6. The molecule has 3 aromatic carbocycles. The van der Waals surface area contributed by atoms with Crippen molar-refractivity contribution in [2.75, 3.05) is 36.9 Å². The molecule has 1 aromatic heterocycles. The highest BCUT2D eigenvalue weighted by Crippen LogP contribution is 2.34. The topological polar surface area (TPSA) is 132 Å². The van der Waals surface area contributed by atoms with Crippen molar-refractivity contribution in [1.82, 2.24) is 15.2 Å². The van der Waals surface area contributed by atoms with Gasteiger partial charge in [0.05, 0.1) is 17.4 Å². The molecule has 246 valence electrons. The number of aryl methyl sites for hydroxylation is 1. The number of carboxylic acid groups (broad SMARTS) is 1. The number of rotatable bonds is 9. The van der Waals surface area contributed by atoms with E-state index in [9.17, 15) is 19.2 Å². The molecule has 1 unspecified atom stereocenters. The highest BCUT2D eigenvalue weighted by Gasteiger charge is 2.23. The summed E-state index contributed by atoms with van der Waals surface area (Å²) in [5.41, 5.74) is 6.06. The number of carbonyl (C=O) groups is 4. The van der Waals surface area contributed by atoms with Gasteiger partial charge < -0.3 is 25.5 Å². The van der Waals surface area contributed by atoms with E-state index in [0.717, 1.165) is 61.3 Å². The Morgan fingerprint density at radius 1 is 0.854 bits per heavy atom. The van der Waals surface area contributed by atoms with E-state index in [1.807, 2.05) is 30.3 Å². The molecular formula is C38H39N5O5. The quantitative estimate of drug-likeness (QED) is 0.205. The molecular weight excluding hydrogens is 606 g/mol. The van der Waals surface area contributed by atoms with Crippen LogP contribution < -0.4 is 15.5 Å². The standard InChI is InChI=1S/C38H39N5O5/c1-42(24-35(44)45)38(48)28-12-7-11-26(21-28)36(46)41-33-16-15-29(43-19-5-2-6-20-43)23-31(33)34-22-27(17-18-39-34)37(47)40-32-14-8-10-25-9-3-4-13-30(25)32/h3-4,7,9,11-13,15-18,21-23,32H,2,5-6,8,10,14,19-20,24H2,1H3,(H,40,47)(H,41,46)(H,44,45). The molecule has 0 radical (unpaired) electrons. The predicted molar refractivity (Wildman–Crippen MR) is 184 cm³/mol. The van der Waals surface area contributed by atoms with E-state index in [1.165, 1.54) is 25.1 Å². The first-order chi connectivity index (χ1) is 23.3. The summed E-state index contributed by atoms with van der Waals surface area (Å²) in [6.45, 7) is 1.40. The summed E-state index contributed by atoms with van der Waals surface area (Å²) in [5.74, 6) is -2.26. The van der Waals surface area contributed by atoms with Crippen molar-refractivity contribution in [2.24, 2.45) is 0 Å². The molecule has 2 aliphatic rings. The average molecular weight is 646 g/mol. The van der Waals surface area contributed by atoms with Crippen LogP contribution in [-0.2, 0) is 11.2 Å². The van der Waals surface area contributed by atoms with Crippen molar-refractivity contribution in [3.63, 3.8) is 0 Å². The van der Waals surface area contributed by atoms with Gasteiger partial charge in [0.2, 0.25) is 0 Å². The van der Waals surface area contributed by atoms with E-state index in [2.05, 4.69) is 32.7 Å². The van der Waals surface area contributed by atoms with Gasteiger partial charge in [0.1, 0.15) is 6.54 Å². The average Bonchev–Trinajstić information content (AvgIpc) is 3.11. The zero-order chi connectivity index (χ0) is 33.6. The molecule has 3 amide bonds. The van der Waals surface area contributed by atoms with Crippen LogP contribution in [0.1, 0.15) is 80.3 Å². The Kier molecular flexibility index (Phi) is 9.80. The van der Waals surface area contributed by atoms with Crippen molar-refractivity contribution in [3.05, 3.63) is 113 Å². The van der Waals surface area contributed by atoms with Crippen LogP contribution in [0.4, 0.5) is 11.4 Å². The molecule has 4 aromatic rings. The number of hydrogen-bond donors (Lipinski definition) is 3. The van der Waals surface area contributed by atoms with Gasteiger partial charge in [-0.1, -0.05) is 30.3 Å². The Balaban J connectivity index is 1.28. The summed E-state index contributed by atoms with van der Waals surface area (Å²) in [4.78, 5) is 59.1. The molecule has 1 saturated heterocycles. The number of likely N-dealkylation sites (N-methyl/N-ethyl adjacent to an activating group) is 1. The summed E-state index contributed by atoms with van der Waals surface area (Å²) < 4.78 is 0. The number of carbonyl (C=O) groups excluding carboxylic acids is 3. The van der Waals surface area contributed by atoms with Gasteiger partial charge in [-0.3, -0.25) is 24.2 Å². The Bertz CT molecular complexity index is 1850. The van der Waals surface area contributed by atoms with Crippen molar-refractivity contribution in [2.45, 2.75) is 44.6 Å². The SMILES string of the molecule is CN(CC(=O)O)C(=O)c1cccc(C(=O)Nc2ccc(N3CCCCC3)cc2-c2cc(C(=O)NC3CCCc4ccccc43)ccn2)c1. The molecule has 1 fully saturated rings. The van der Waals surface area contributed by atoms with Gasteiger partial charge in [0.15, 0.2) is 0 Å². The summed E-state index contributed by atoms with van der Waals surface area (Å²) in [7, 11) is 1.40. The lowest BCUT2D eigenvalue weighted by atomic mass is 9.87. The Labute approximate surface area is 279 Å². The Hall–Kier alpha value is -5.51. The molecule has 10 nitrogen and oxygen atoms in total. The number of nitrogens with zero attached hydrogens (tertiary/aromatic N) is 3. The minimum Gasteiger partial charge on any atom is -0.480 e. The molecule has 6 rings (SSSR count). The van der Waals surface area contributed by atoms with Crippen molar-refractivity contribution in [3.8, 4) is 11.3 Å². The smallest absolute Gasteiger partial charge is 0.323 e. The third-order valence-electron chi connectivity index (χ3n) is 9.04. The molecule has 1 aliphatic carbocycles. The van der Waals surface area contributed by atoms with Crippen LogP contribution in [0.3, 0.4) is 0 Å². The first-order valence-electron chi connectivity index (χ1n) is 16.4. The number of aromatic nitrogens is 1. The number of amides is 3. The minimum absolute atomic E-state index is 0.0668. The van der Waals surface area contributed by atoms with E-state index in [-0.39, 0.29) is 23.1 Å². The monoisotopic (exact) mass is 645 g/mol. The summed E-state index contributed by atoms with van der Waals surface area (Å²) in [5, 5.41) is 15.3. The van der Waals surface area contributed by atoms with Gasteiger partial charge in [0, 0.05) is 54.3 Å². The zero-order valence-electron chi connectivity index (χ0n) is 26.9. The molecule has 2 heterocycles. The van der Waals surface area contributed by atoms with Crippen LogP contribution in [-0.4, -0.2) is 65.4 Å². The van der Waals surface area contributed by atoms with Crippen molar-refractivity contribution >= 4 is 35.1 Å². The number of nitrogens with one attached hydrogen (secondary N) is 2. The number of aliphatic carboxylic acids is 1. The van der Waals surface area contributed by atoms with Gasteiger partial charge in [-0.25, -0.2) is 0 Å². The number of hydrogen-bond acceptors (Lipinski definition) is 6. The van der Waals surface area contributed by atoms with Gasteiger partial charge in [0.25, 0.3) is 17.7 Å². The molecule has 0 bridgehead atoms. The second-order valence-electron chi connectivity index (χ2n) is 12.4. The third-order valence-corrected chi connectivity index (χ3v) is 9.04. The summed E-state index contributed by atoms with van der Waals surface area (Å²) >= 11 is 0. The van der Waals surface area contributed by atoms with E-state index in [4.69, 9.17) is 5.11 Å². The lowest BCUT2D eigenvalue weighted by molar-refractivity contribution is -0.137. The fourth-order valence-corrected chi connectivity index (χ4v) is 6.55. The lowest BCUT2D eigenvalue weighted by Crippen LogP contribution is -2.32. The normalized spacial score (nSPS) is 15.6. The molecule has 10 heteroatoms. The van der Waals surface area contributed by atoms with Gasteiger partial charge in [-0.2, -0.15) is 0 Å². The highest BCUT2D eigenvalue weighted by atomic mass is 16.4. The lowest BCUT2D eigenvalue weighted by Gasteiger charge is -2.29. The number of pyridine rings is 1. The molecule has 0 saturated carbocycles. The first-order valence-corrected chi connectivity index (χ1v) is 16.4. The maximum absolute atomic E-state index is 13.6. The summed E-state index contributed by atoms with van der Waals surface area (Å²) in [6.07, 6.45) is 7.89. The molecule has 1 atom stereocenters. The number of anilines is 2. The van der Waals surface area contributed by atoms with Crippen LogP contribution in [0.25, 0.3) is 11.3 Å². The minimum atomic E-state index is -1.13. The Morgan fingerprint density at radius 3 is 2.44 bits per heavy atom. The van der Waals surface area contributed by atoms with Crippen LogP contribution in [0.2, 0.25) is 0 Å². The molecule has 48 heavy (non-hydrogen) atoms. The third kappa shape index (κ3) is 7.38. The van der Waals surface area contributed by atoms with Gasteiger partial charge >= 0.3 is 5.97 Å². The number of carboxylic acids is 1. The van der Waals surface area contributed by atoms with Crippen LogP contribution >= 0.6 is 0 Å². The van der Waals surface area contributed by atoms with E-state index >= 15 is 0 Å². The number of fused-ring (bicyclic) bond motifs is 1. The second kappa shape index (κ2) is 14.5. The van der Waals surface area contributed by atoms with Gasteiger partial charge in [-0.15, -0.1) is 0 Å². The predicted octanol–water partition coefficient (Wildman–Crippen LogP) is 5.96. The molecule has 3 N–H and O–H groups in total. The van der Waals surface area contributed by atoms with Gasteiger partial charge in [-0.05, 0) is 98.2 Å². The first kappa shape index (κ1) is 32.4. The number of piperidine rings is 1. The molecule has 0 spiro atoms. The highest BCUT2D eigenvalue weighted by molar-refractivity contribution is 6.08. The van der Waals surface area contributed by atoms with E-state index in [1.54, 1.807) is 36.5 Å². The largest absolute Gasteiger partial charge is 0.480 e. The second-order valence-corrected chi connectivity index (χ2v) is 12.4. The fraction of sp³-hybridized carbons (Fsp3) is 0.289. The Morgan fingerprint density at radius 2 is 1.62 bits per heavy atom. The van der Waals surface area contributed by atoms with Crippen molar-refractivity contribution in [1.29, 1.82) is 0 Å².